The molecular weight excluding hydrogens is 234 g/mol. The second kappa shape index (κ2) is 5.41. The van der Waals surface area contributed by atoms with Gasteiger partial charge in [-0.25, -0.2) is 0 Å². The Bertz CT molecular complexity index is 531. The third-order valence-electron chi connectivity index (χ3n) is 2.15. The highest BCUT2D eigenvalue weighted by Crippen LogP contribution is 2.28. The van der Waals surface area contributed by atoms with E-state index in [-0.39, 0.29) is 6.42 Å². The van der Waals surface area contributed by atoms with E-state index in [0.29, 0.717) is 0 Å². The lowest BCUT2D eigenvalue weighted by Gasteiger charge is -1.93. The molecule has 0 aliphatic heterocycles. The minimum atomic E-state index is -0.815. The van der Waals surface area contributed by atoms with Crippen LogP contribution in [0.4, 0.5) is 0 Å². The topological polar surface area (TPSA) is 50.2 Å². The lowest BCUT2D eigenvalue weighted by Crippen LogP contribution is -1.89. The molecule has 17 heavy (non-hydrogen) atoms. The van der Waals surface area contributed by atoms with Gasteiger partial charge in [0.05, 0.1) is 6.42 Å². The standard InChI is InChI=1S/C13H11NO2S/c15-13(16)5-1-4-11-6-7-12(17-11)10-3-2-8-14-9-10/h1-4,6-9H,5H2,(H,15,16). The van der Waals surface area contributed by atoms with E-state index in [1.807, 2.05) is 36.5 Å². The van der Waals surface area contributed by atoms with Gasteiger partial charge in [0.1, 0.15) is 0 Å². The number of nitrogens with zero attached hydrogens (tertiary/aromatic N) is 1. The fourth-order valence-corrected chi connectivity index (χ4v) is 2.31. The number of aliphatic carboxylic acids is 1. The van der Waals surface area contributed by atoms with E-state index in [0.717, 1.165) is 15.3 Å². The molecule has 2 aromatic rings. The molecule has 2 heterocycles. The summed E-state index contributed by atoms with van der Waals surface area (Å²) in [5.41, 5.74) is 1.08. The van der Waals surface area contributed by atoms with Crippen molar-refractivity contribution < 1.29 is 9.90 Å². The van der Waals surface area contributed by atoms with Gasteiger partial charge in [-0.3, -0.25) is 9.78 Å². The molecule has 0 saturated carbocycles. The number of thiophene rings is 1. The third kappa shape index (κ3) is 3.26. The molecule has 2 rings (SSSR count). The predicted molar refractivity (Wildman–Crippen MR) is 68.8 cm³/mol. The maximum absolute atomic E-state index is 10.4. The number of pyridine rings is 1. The van der Waals surface area contributed by atoms with Gasteiger partial charge in [0.2, 0.25) is 0 Å². The van der Waals surface area contributed by atoms with E-state index < -0.39 is 5.97 Å². The summed E-state index contributed by atoms with van der Waals surface area (Å²) in [5, 5.41) is 8.52. The van der Waals surface area contributed by atoms with Gasteiger partial charge in [-0.05, 0) is 24.3 Å². The molecule has 3 nitrogen and oxygen atoms in total. The maximum Gasteiger partial charge on any atom is 0.307 e. The van der Waals surface area contributed by atoms with Crippen LogP contribution in [0.5, 0.6) is 0 Å². The van der Waals surface area contributed by atoms with Gasteiger partial charge >= 0.3 is 5.97 Å². The zero-order valence-electron chi connectivity index (χ0n) is 9.04. The van der Waals surface area contributed by atoms with Crippen molar-refractivity contribution in [1.82, 2.24) is 4.98 Å². The van der Waals surface area contributed by atoms with Crippen LogP contribution in [-0.4, -0.2) is 16.1 Å². The van der Waals surface area contributed by atoms with E-state index >= 15 is 0 Å². The smallest absolute Gasteiger partial charge is 0.307 e. The molecule has 86 valence electrons. The number of carboxylic acids is 1. The van der Waals surface area contributed by atoms with Crippen LogP contribution in [0.1, 0.15) is 11.3 Å². The average molecular weight is 245 g/mol. The van der Waals surface area contributed by atoms with Gasteiger partial charge in [-0.2, -0.15) is 0 Å². The number of carboxylic acid groups (broad SMARTS) is 1. The van der Waals surface area contributed by atoms with Crippen LogP contribution >= 0.6 is 11.3 Å². The molecule has 0 atom stereocenters. The van der Waals surface area contributed by atoms with E-state index in [9.17, 15) is 4.79 Å². The summed E-state index contributed by atoms with van der Waals surface area (Å²) in [5.74, 6) is -0.815. The molecule has 2 aromatic heterocycles. The van der Waals surface area contributed by atoms with Gasteiger partial charge in [0.15, 0.2) is 0 Å². The Morgan fingerprint density at radius 3 is 3.00 bits per heavy atom. The zero-order chi connectivity index (χ0) is 12.1. The summed E-state index contributed by atoms with van der Waals surface area (Å²) in [6, 6.07) is 7.89. The highest BCUT2D eigenvalue weighted by molar-refractivity contribution is 7.16. The minimum Gasteiger partial charge on any atom is -0.481 e. The Kier molecular flexibility index (Phi) is 3.67. The average Bonchev–Trinajstić information content (AvgIpc) is 2.78. The quantitative estimate of drug-likeness (QED) is 0.899. The number of aromatic nitrogens is 1. The number of hydrogen-bond donors (Lipinski definition) is 1. The Labute approximate surface area is 103 Å². The summed E-state index contributed by atoms with van der Waals surface area (Å²) in [6.45, 7) is 0. The second-order valence-corrected chi connectivity index (χ2v) is 4.56. The molecule has 0 aliphatic carbocycles. The molecule has 0 radical (unpaired) electrons. The first kappa shape index (κ1) is 11.5. The minimum absolute atomic E-state index is 0.0557. The lowest BCUT2D eigenvalue weighted by atomic mass is 10.2. The Morgan fingerprint density at radius 2 is 2.29 bits per heavy atom. The molecule has 0 aliphatic rings. The van der Waals surface area contributed by atoms with Crippen molar-refractivity contribution in [2.45, 2.75) is 6.42 Å². The van der Waals surface area contributed by atoms with E-state index in [4.69, 9.17) is 5.11 Å². The second-order valence-electron chi connectivity index (χ2n) is 3.44. The molecule has 0 bridgehead atoms. The molecule has 0 spiro atoms. The fourth-order valence-electron chi connectivity index (χ4n) is 1.38. The number of rotatable bonds is 4. The van der Waals surface area contributed by atoms with E-state index in [2.05, 4.69) is 4.98 Å². The Balaban J connectivity index is 2.11. The first-order chi connectivity index (χ1) is 8.25. The normalized spacial score (nSPS) is 10.8. The van der Waals surface area contributed by atoms with Gasteiger partial charge in [-0.15, -0.1) is 11.3 Å². The van der Waals surface area contributed by atoms with Crippen LogP contribution in [-0.2, 0) is 4.79 Å². The fraction of sp³-hybridized carbons (Fsp3) is 0.0769. The van der Waals surface area contributed by atoms with Crippen molar-refractivity contribution in [1.29, 1.82) is 0 Å². The van der Waals surface area contributed by atoms with Crippen LogP contribution < -0.4 is 0 Å². The number of carbonyl (C=O) groups is 1. The van der Waals surface area contributed by atoms with Crippen LogP contribution in [0.2, 0.25) is 0 Å². The van der Waals surface area contributed by atoms with Crippen molar-refractivity contribution in [3.63, 3.8) is 0 Å². The van der Waals surface area contributed by atoms with Crippen molar-refractivity contribution >= 4 is 23.4 Å². The van der Waals surface area contributed by atoms with Crippen LogP contribution in [0.15, 0.2) is 42.7 Å². The lowest BCUT2D eigenvalue weighted by molar-refractivity contribution is -0.135. The molecule has 0 saturated heterocycles. The SMILES string of the molecule is O=C(O)CC=Cc1ccc(-c2cccnc2)s1. The molecule has 0 fully saturated rings. The highest BCUT2D eigenvalue weighted by atomic mass is 32.1. The van der Waals surface area contributed by atoms with Crippen LogP contribution in [0, 0.1) is 0 Å². The molecule has 1 N–H and O–H groups in total. The van der Waals surface area contributed by atoms with Crippen molar-refractivity contribution in [2.24, 2.45) is 0 Å². The first-order valence-electron chi connectivity index (χ1n) is 5.14. The van der Waals surface area contributed by atoms with Gasteiger partial charge in [-0.1, -0.05) is 12.1 Å². The molecule has 0 amide bonds. The number of hydrogen-bond acceptors (Lipinski definition) is 3. The molecule has 4 heteroatoms. The maximum atomic E-state index is 10.4. The van der Waals surface area contributed by atoms with Crippen LogP contribution in [0.3, 0.4) is 0 Å². The van der Waals surface area contributed by atoms with Crippen molar-refractivity contribution in [2.75, 3.05) is 0 Å². The van der Waals surface area contributed by atoms with E-state index in [1.54, 1.807) is 23.6 Å². The van der Waals surface area contributed by atoms with Crippen molar-refractivity contribution in [3.05, 3.63) is 47.6 Å². The van der Waals surface area contributed by atoms with E-state index in [1.165, 1.54) is 0 Å². The summed E-state index contributed by atoms with van der Waals surface area (Å²) in [7, 11) is 0. The molecular formula is C13H11NO2S. The summed E-state index contributed by atoms with van der Waals surface area (Å²) in [6.07, 6.45) is 7.10. The Morgan fingerprint density at radius 1 is 1.41 bits per heavy atom. The predicted octanol–water partition coefficient (Wildman–Crippen LogP) is 3.30. The zero-order valence-corrected chi connectivity index (χ0v) is 9.85. The first-order valence-corrected chi connectivity index (χ1v) is 5.96. The van der Waals surface area contributed by atoms with Gasteiger partial charge in [0, 0.05) is 27.7 Å². The molecule has 0 unspecified atom stereocenters. The molecule has 0 aromatic carbocycles. The van der Waals surface area contributed by atoms with Crippen molar-refractivity contribution in [3.8, 4) is 10.4 Å². The largest absolute Gasteiger partial charge is 0.481 e. The summed E-state index contributed by atoms with van der Waals surface area (Å²) < 4.78 is 0. The third-order valence-corrected chi connectivity index (χ3v) is 3.25. The summed E-state index contributed by atoms with van der Waals surface area (Å²) in [4.78, 5) is 16.6. The highest BCUT2D eigenvalue weighted by Gasteiger charge is 2.00. The Hall–Kier alpha value is -1.94. The monoisotopic (exact) mass is 245 g/mol. The van der Waals surface area contributed by atoms with Crippen LogP contribution in [0.25, 0.3) is 16.5 Å². The summed E-state index contributed by atoms with van der Waals surface area (Å²) >= 11 is 1.62. The van der Waals surface area contributed by atoms with Gasteiger partial charge < -0.3 is 5.11 Å². The van der Waals surface area contributed by atoms with Gasteiger partial charge in [0.25, 0.3) is 0 Å².